The zero-order valence-electron chi connectivity index (χ0n) is 16.2. The number of anilines is 1. The third kappa shape index (κ3) is 4.36. The van der Waals surface area contributed by atoms with Crippen LogP contribution in [0.1, 0.15) is 47.2 Å². The molecule has 140 valence electrons. The van der Waals surface area contributed by atoms with E-state index in [4.69, 9.17) is 0 Å². The summed E-state index contributed by atoms with van der Waals surface area (Å²) in [6.45, 7) is 10.0. The minimum Gasteiger partial charge on any atom is -0.346 e. The number of rotatable bonds is 5. The molecule has 0 aliphatic heterocycles. The fourth-order valence-electron chi connectivity index (χ4n) is 3.24. The van der Waals surface area contributed by atoms with Gasteiger partial charge in [0.25, 0.3) is 5.91 Å². The molecule has 0 fully saturated rings. The molecule has 2 aromatic rings. The lowest BCUT2D eigenvalue weighted by Gasteiger charge is -2.18. The van der Waals surface area contributed by atoms with E-state index in [-0.39, 0.29) is 24.4 Å². The molecule has 0 atom stereocenters. The molecule has 1 N–H and O–H groups in total. The molecular formula is C20H26BrN3O2. The molecule has 0 unspecified atom stereocenters. The Labute approximate surface area is 163 Å². The average molecular weight is 420 g/mol. The van der Waals surface area contributed by atoms with Crippen molar-refractivity contribution in [3.63, 3.8) is 0 Å². The lowest BCUT2D eigenvalue weighted by atomic mass is 10.2. The van der Waals surface area contributed by atoms with Crippen molar-refractivity contribution < 1.29 is 9.59 Å². The number of amides is 2. The summed E-state index contributed by atoms with van der Waals surface area (Å²) in [4.78, 5) is 26.6. The first-order chi connectivity index (χ1) is 12.1. The Morgan fingerprint density at radius 3 is 2.38 bits per heavy atom. The number of carbonyl (C=O) groups excluding carboxylic acids is 2. The molecule has 0 spiro atoms. The second kappa shape index (κ2) is 8.08. The Kier molecular flexibility index (Phi) is 6.29. The highest BCUT2D eigenvalue weighted by Gasteiger charge is 2.21. The van der Waals surface area contributed by atoms with Crippen molar-refractivity contribution in [1.82, 2.24) is 9.47 Å². The first kappa shape index (κ1) is 20.2. The van der Waals surface area contributed by atoms with Crippen molar-refractivity contribution in [2.75, 3.05) is 18.9 Å². The maximum atomic E-state index is 12.8. The third-order valence-corrected chi connectivity index (χ3v) is 4.91. The standard InChI is InChI=1S/C20H26BrN3O2/c1-12(2)24-14(4)10-17(15(24)5)20(26)23(6)11-19(25)22-18-8-7-16(21)9-13(18)3/h7-10,12H,11H2,1-6H3,(H,22,25). The van der Waals surface area contributed by atoms with Crippen LogP contribution in [-0.2, 0) is 4.79 Å². The number of hydrogen-bond acceptors (Lipinski definition) is 2. The molecule has 0 saturated heterocycles. The quantitative estimate of drug-likeness (QED) is 0.776. The van der Waals surface area contributed by atoms with Crippen molar-refractivity contribution in [2.45, 2.75) is 40.7 Å². The predicted molar refractivity (Wildman–Crippen MR) is 109 cm³/mol. The van der Waals surface area contributed by atoms with Crippen LogP contribution in [0.15, 0.2) is 28.7 Å². The highest BCUT2D eigenvalue weighted by Crippen LogP contribution is 2.22. The lowest BCUT2D eigenvalue weighted by Crippen LogP contribution is -2.35. The maximum Gasteiger partial charge on any atom is 0.255 e. The van der Waals surface area contributed by atoms with Gasteiger partial charge in [-0.25, -0.2) is 0 Å². The lowest BCUT2D eigenvalue weighted by molar-refractivity contribution is -0.116. The number of likely N-dealkylation sites (N-methyl/N-ethyl adjacent to an activating group) is 1. The summed E-state index contributed by atoms with van der Waals surface area (Å²) in [5.74, 6) is -0.364. The van der Waals surface area contributed by atoms with Crippen LogP contribution in [-0.4, -0.2) is 34.9 Å². The van der Waals surface area contributed by atoms with Crippen LogP contribution >= 0.6 is 15.9 Å². The van der Waals surface area contributed by atoms with Crippen LogP contribution in [0, 0.1) is 20.8 Å². The van der Waals surface area contributed by atoms with E-state index in [1.165, 1.54) is 4.90 Å². The third-order valence-electron chi connectivity index (χ3n) is 4.42. The van der Waals surface area contributed by atoms with E-state index >= 15 is 0 Å². The summed E-state index contributed by atoms with van der Waals surface area (Å²) in [6.07, 6.45) is 0. The van der Waals surface area contributed by atoms with Crippen LogP contribution in [0.5, 0.6) is 0 Å². The summed E-state index contributed by atoms with van der Waals surface area (Å²) >= 11 is 3.40. The van der Waals surface area contributed by atoms with Gasteiger partial charge in [0.2, 0.25) is 5.91 Å². The Morgan fingerprint density at radius 1 is 1.19 bits per heavy atom. The Bertz CT molecular complexity index is 840. The van der Waals surface area contributed by atoms with Crippen LogP contribution in [0.3, 0.4) is 0 Å². The molecule has 1 heterocycles. The van der Waals surface area contributed by atoms with Crippen molar-refractivity contribution in [3.8, 4) is 0 Å². The monoisotopic (exact) mass is 419 g/mol. The zero-order chi connectivity index (χ0) is 19.6. The van der Waals surface area contributed by atoms with Gasteiger partial charge in [-0.1, -0.05) is 15.9 Å². The SMILES string of the molecule is Cc1cc(Br)ccc1NC(=O)CN(C)C(=O)c1cc(C)n(C(C)C)c1C. The van der Waals surface area contributed by atoms with Crippen molar-refractivity contribution >= 4 is 33.4 Å². The molecule has 0 saturated carbocycles. The number of halogens is 1. The van der Waals surface area contributed by atoms with E-state index in [1.807, 2.05) is 45.0 Å². The molecule has 0 radical (unpaired) electrons. The predicted octanol–water partition coefficient (Wildman–Crippen LogP) is 4.47. The van der Waals surface area contributed by atoms with E-state index in [2.05, 4.69) is 39.7 Å². The fourth-order valence-corrected chi connectivity index (χ4v) is 3.71. The highest BCUT2D eigenvalue weighted by molar-refractivity contribution is 9.10. The number of aromatic nitrogens is 1. The van der Waals surface area contributed by atoms with Crippen LogP contribution in [0.4, 0.5) is 5.69 Å². The number of hydrogen-bond donors (Lipinski definition) is 1. The summed E-state index contributed by atoms with van der Waals surface area (Å²) in [6, 6.07) is 7.83. The van der Waals surface area contributed by atoms with Gasteiger partial charge in [-0.3, -0.25) is 9.59 Å². The molecule has 0 aliphatic carbocycles. The zero-order valence-corrected chi connectivity index (χ0v) is 17.8. The average Bonchev–Trinajstić information content (AvgIpc) is 2.84. The van der Waals surface area contributed by atoms with Gasteiger partial charge in [-0.05, 0) is 64.4 Å². The summed E-state index contributed by atoms with van der Waals surface area (Å²) < 4.78 is 3.09. The van der Waals surface area contributed by atoms with Gasteiger partial charge in [-0.2, -0.15) is 0 Å². The van der Waals surface area contributed by atoms with Crippen molar-refractivity contribution in [1.29, 1.82) is 0 Å². The Morgan fingerprint density at radius 2 is 1.85 bits per heavy atom. The Hall–Kier alpha value is -2.08. The van der Waals surface area contributed by atoms with E-state index in [0.717, 1.165) is 27.1 Å². The fraction of sp³-hybridized carbons (Fsp3) is 0.400. The molecule has 1 aromatic heterocycles. The van der Waals surface area contributed by atoms with Gasteiger partial charge in [-0.15, -0.1) is 0 Å². The molecule has 2 rings (SSSR count). The number of nitrogens with zero attached hydrogens (tertiary/aromatic N) is 2. The molecule has 2 amide bonds. The minimum absolute atomic E-state index is 0.000314. The number of benzene rings is 1. The normalized spacial score (nSPS) is 10.9. The molecule has 26 heavy (non-hydrogen) atoms. The van der Waals surface area contributed by atoms with E-state index in [1.54, 1.807) is 7.05 Å². The molecular weight excluding hydrogens is 394 g/mol. The van der Waals surface area contributed by atoms with Crippen LogP contribution in [0.25, 0.3) is 0 Å². The number of nitrogens with one attached hydrogen (secondary N) is 1. The molecule has 0 bridgehead atoms. The van der Waals surface area contributed by atoms with Crippen LogP contribution in [0.2, 0.25) is 0 Å². The summed E-state index contributed by atoms with van der Waals surface area (Å²) in [5.41, 5.74) is 4.33. The van der Waals surface area contributed by atoms with Gasteiger partial charge >= 0.3 is 0 Å². The van der Waals surface area contributed by atoms with Crippen molar-refractivity contribution in [2.24, 2.45) is 0 Å². The first-order valence-electron chi connectivity index (χ1n) is 8.61. The van der Waals surface area contributed by atoms with Gasteiger partial charge < -0.3 is 14.8 Å². The summed E-state index contributed by atoms with van der Waals surface area (Å²) in [5, 5.41) is 2.87. The smallest absolute Gasteiger partial charge is 0.255 e. The van der Waals surface area contributed by atoms with E-state index in [9.17, 15) is 9.59 Å². The van der Waals surface area contributed by atoms with Gasteiger partial charge in [0.15, 0.2) is 0 Å². The second-order valence-electron chi connectivity index (χ2n) is 6.92. The first-order valence-corrected chi connectivity index (χ1v) is 9.41. The van der Waals surface area contributed by atoms with Crippen LogP contribution < -0.4 is 5.32 Å². The number of aryl methyl sites for hydroxylation is 2. The Balaban J connectivity index is 2.09. The summed E-state index contributed by atoms with van der Waals surface area (Å²) in [7, 11) is 1.65. The minimum atomic E-state index is -0.219. The molecule has 5 nitrogen and oxygen atoms in total. The topological polar surface area (TPSA) is 54.3 Å². The number of carbonyl (C=O) groups is 2. The van der Waals surface area contributed by atoms with E-state index < -0.39 is 0 Å². The largest absolute Gasteiger partial charge is 0.346 e. The van der Waals surface area contributed by atoms with E-state index in [0.29, 0.717) is 5.56 Å². The van der Waals surface area contributed by atoms with Gasteiger partial charge in [0.05, 0.1) is 12.1 Å². The highest BCUT2D eigenvalue weighted by atomic mass is 79.9. The van der Waals surface area contributed by atoms with Gasteiger partial charge in [0.1, 0.15) is 0 Å². The van der Waals surface area contributed by atoms with Gasteiger partial charge in [0, 0.05) is 34.6 Å². The second-order valence-corrected chi connectivity index (χ2v) is 7.83. The molecule has 1 aromatic carbocycles. The molecule has 6 heteroatoms. The maximum absolute atomic E-state index is 12.8. The van der Waals surface area contributed by atoms with Crippen molar-refractivity contribution in [3.05, 3.63) is 51.3 Å². The molecule has 0 aliphatic rings.